The highest BCUT2D eigenvalue weighted by molar-refractivity contribution is 7.90. The number of sulfone groups is 1. The zero-order chi connectivity index (χ0) is 11.5. The summed E-state index contributed by atoms with van der Waals surface area (Å²) in [5.41, 5.74) is 1.42. The minimum Gasteiger partial charge on any atom is -0.307 e. The van der Waals surface area contributed by atoms with Crippen LogP contribution in [0.3, 0.4) is 0 Å². The van der Waals surface area contributed by atoms with Crippen molar-refractivity contribution in [3.8, 4) is 0 Å². The fourth-order valence-electron chi connectivity index (χ4n) is 1.19. The maximum atomic E-state index is 11.0. The third-order valence-electron chi connectivity index (χ3n) is 1.92. The van der Waals surface area contributed by atoms with E-state index in [0.29, 0.717) is 17.9 Å². The molecule has 0 unspecified atom stereocenters. The molecule has 0 radical (unpaired) electrons. The van der Waals surface area contributed by atoms with Crippen LogP contribution < -0.4 is 5.32 Å². The minimum absolute atomic E-state index is 0.108. The van der Waals surface area contributed by atoms with E-state index in [9.17, 15) is 8.42 Å². The molecule has 15 heavy (non-hydrogen) atoms. The van der Waals surface area contributed by atoms with E-state index in [4.69, 9.17) is 0 Å². The first kappa shape index (κ1) is 12.1. The van der Waals surface area contributed by atoms with E-state index in [-0.39, 0.29) is 11.8 Å². The second kappa shape index (κ2) is 4.71. The molecule has 0 amide bonds. The van der Waals surface area contributed by atoms with E-state index in [1.807, 2.05) is 6.92 Å². The molecule has 0 aliphatic carbocycles. The Labute approximate surface area is 88.9 Å². The average Bonchev–Trinajstić information content (AvgIpc) is 2.44. The number of aromatic nitrogens is 2. The van der Waals surface area contributed by atoms with Crippen LogP contribution in [0.1, 0.15) is 18.3 Å². The Hall–Kier alpha value is -0.950. The summed E-state index contributed by atoms with van der Waals surface area (Å²) in [4.78, 5) is 0. The van der Waals surface area contributed by atoms with Crippen molar-refractivity contribution in [2.45, 2.75) is 26.4 Å². The Morgan fingerprint density at radius 1 is 1.47 bits per heavy atom. The molecular formula is C8H15N3O3S. The number of nitrogens with one attached hydrogen (secondary N) is 1. The van der Waals surface area contributed by atoms with Crippen molar-refractivity contribution in [1.29, 1.82) is 0 Å². The molecule has 0 bridgehead atoms. The third-order valence-corrected chi connectivity index (χ3v) is 3.02. The van der Waals surface area contributed by atoms with Gasteiger partial charge in [-0.3, -0.25) is 0 Å². The molecule has 86 valence electrons. The van der Waals surface area contributed by atoms with Gasteiger partial charge in [0, 0.05) is 18.8 Å². The molecular weight excluding hydrogens is 218 g/mol. The number of nitrogens with zero attached hydrogens (tertiary/aromatic N) is 2. The Kier molecular flexibility index (Phi) is 3.81. The fourth-order valence-corrected chi connectivity index (χ4v) is 2.22. The fraction of sp³-hybridized carbons (Fsp3) is 0.750. The van der Waals surface area contributed by atoms with Crippen LogP contribution in [0.2, 0.25) is 0 Å². The van der Waals surface area contributed by atoms with Gasteiger partial charge in [0.15, 0.2) is 0 Å². The van der Waals surface area contributed by atoms with Crippen molar-refractivity contribution in [2.24, 2.45) is 0 Å². The van der Waals surface area contributed by atoms with Gasteiger partial charge in [0.25, 0.3) is 0 Å². The summed E-state index contributed by atoms with van der Waals surface area (Å²) in [6, 6.07) is -0.115. The zero-order valence-corrected chi connectivity index (χ0v) is 9.84. The normalized spacial score (nSPS) is 14.1. The van der Waals surface area contributed by atoms with Crippen LogP contribution in [0.25, 0.3) is 0 Å². The van der Waals surface area contributed by atoms with E-state index >= 15 is 0 Å². The molecule has 0 saturated carbocycles. The van der Waals surface area contributed by atoms with Crippen LogP contribution in [0.15, 0.2) is 4.63 Å². The van der Waals surface area contributed by atoms with Gasteiger partial charge < -0.3 is 5.32 Å². The second-order valence-electron chi connectivity index (χ2n) is 3.67. The molecule has 0 saturated heterocycles. The van der Waals surface area contributed by atoms with Crippen LogP contribution >= 0.6 is 0 Å². The molecule has 0 fully saturated rings. The molecule has 0 aliphatic heterocycles. The Balaban J connectivity index is 2.41. The highest BCUT2D eigenvalue weighted by Crippen LogP contribution is 2.00. The van der Waals surface area contributed by atoms with Crippen LogP contribution in [0, 0.1) is 6.92 Å². The van der Waals surface area contributed by atoms with Gasteiger partial charge in [0.2, 0.25) is 0 Å². The highest BCUT2D eigenvalue weighted by atomic mass is 32.2. The lowest BCUT2D eigenvalue weighted by Gasteiger charge is -2.10. The van der Waals surface area contributed by atoms with Crippen LogP contribution in [-0.4, -0.2) is 36.8 Å². The largest absolute Gasteiger partial charge is 0.307 e. The monoisotopic (exact) mass is 233 g/mol. The van der Waals surface area contributed by atoms with Crippen molar-refractivity contribution in [3.63, 3.8) is 0 Å². The standard InChI is InChI=1S/C8H15N3O3S/c1-6(5-15(3,12)13)9-4-8-7(2)10-14-11-8/h6,9H,4-5H2,1-3H3/t6-/m1/s1. The van der Waals surface area contributed by atoms with Gasteiger partial charge in [0.05, 0.1) is 5.75 Å². The summed E-state index contributed by atoms with van der Waals surface area (Å²) in [6.45, 7) is 4.06. The molecule has 1 rings (SSSR count). The maximum Gasteiger partial charge on any atom is 0.148 e. The van der Waals surface area contributed by atoms with Gasteiger partial charge in [-0.1, -0.05) is 10.3 Å². The Morgan fingerprint density at radius 3 is 2.60 bits per heavy atom. The van der Waals surface area contributed by atoms with Crippen molar-refractivity contribution >= 4 is 9.84 Å². The molecule has 0 aromatic carbocycles. The van der Waals surface area contributed by atoms with Crippen LogP contribution in [0.5, 0.6) is 0 Å². The average molecular weight is 233 g/mol. The van der Waals surface area contributed by atoms with E-state index in [2.05, 4.69) is 20.3 Å². The van der Waals surface area contributed by atoms with Crippen molar-refractivity contribution in [1.82, 2.24) is 15.6 Å². The van der Waals surface area contributed by atoms with E-state index in [0.717, 1.165) is 0 Å². The summed E-state index contributed by atoms with van der Waals surface area (Å²) in [7, 11) is -2.95. The number of hydrogen-bond acceptors (Lipinski definition) is 6. The summed E-state index contributed by atoms with van der Waals surface area (Å²) >= 11 is 0. The lowest BCUT2D eigenvalue weighted by Crippen LogP contribution is -2.32. The lowest BCUT2D eigenvalue weighted by atomic mass is 10.3. The molecule has 1 atom stereocenters. The SMILES string of the molecule is Cc1nonc1CN[C@H](C)CS(C)(=O)=O. The van der Waals surface area contributed by atoms with Gasteiger partial charge >= 0.3 is 0 Å². The predicted molar refractivity (Wildman–Crippen MR) is 55.0 cm³/mol. The van der Waals surface area contributed by atoms with E-state index in [1.165, 1.54) is 6.26 Å². The van der Waals surface area contributed by atoms with Crippen LogP contribution in [0.4, 0.5) is 0 Å². The van der Waals surface area contributed by atoms with Crippen molar-refractivity contribution in [2.75, 3.05) is 12.0 Å². The van der Waals surface area contributed by atoms with Gasteiger partial charge in [-0.15, -0.1) is 0 Å². The third kappa shape index (κ3) is 4.39. The quantitative estimate of drug-likeness (QED) is 0.764. The first-order valence-corrected chi connectivity index (χ1v) is 6.63. The number of aryl methyl sites for hydroxylation is 1. The first-order chi connectivity index (χ1) is 6.88. The van der Waals surface area contributed by atoms with Gasteiger partial charge in [-0.05, 0) is 13.8 Å². The molecule has 1 heterocycles. The number of rotatable bonds is 5. The second-order valence-corrected chi connectivity index (χ2v) is 5.86. The summed E-state index contributed by atoms with van der Waals surface area (Å²) in [5.74, 6) is 0.108. The molecule has 0 spiro atoms. The minimum atomic E-state index is -2.95. The summed E-state index contributed by atoms with van der Waals surface area (Å²) < 4.78 is 26.5. The Morgan fingerprint density at radius 2 is 2.13 bits per heavy atom. The summed E-state index contributed by atoms with van der Waals surface area (Å²) in [6.07, 6.45) is 1.22. The molecule has 0 aliphatic rings. The first-order valence-electron chi connectivity index (χ1n) is 4.57. The van der Waals surface area contributed by atoms with Crippen molar-refractivity contribution in [3.05, 3.63) is 11.4 Å². The van der Waals surface area contributed by atoms with Gasteiger partial charge in [-0.25, -0.2) is 13.0 Å². The summed E-state index contributed by atoms with van der Waals surface area (Å²) in [5, 5.41) is 10.4. The van der Waals surface area contributed by atoms with Crippen LogP contribution in [-0.2, 0) is 16.4 Å². The van der Waals surface area contributed by atoms with Crippen molar-refractivity contribution < 1.29 is 13.0 Å². The smallest absolute Gasteiger partial charge is 0.148 e. The van der Waals surface area contributed by atoms with Gasteiger partial charge in [-0.2, -0.15) is 0 Å². The highest BCUT2D eigenvalue weighted by Gasteiger charge is 2.11. The molecule has 7 heteroatoms. The molecule has 1 aromatic heterocycles. The topological polar surface area (TPSA) is 85.1 Å². The molecule has 1 N–H and O–H groups in total. The van der Waals surface area contributed by atoms with E-state index < -0.39 is 9.84 Å². The maximum absolute atomic E-state index is 11.0. The number of hydrogen-bond donors (Lipinski definition) is 1. The lowest BCUT2D eigenvalue weighted by molar-refractivity contribution is 0.300. The molecule has 1 aromatic rings. The Bertz CT molecular complexity index is 413. The predicted octanol–water partition coefficient (Wildman–Crippen LogP) is -0.0993. The van der Waals surface area contributed by atoms with Gasteiger partial charge in [0.1, 0.15) is 21.2 Å². The molecule has 6 nitrogen and oxygen atoms in total. The zero-order valence-electron chi connectivity index (χ0n) is 9.02. The van der Waals surface area contributed by atoms with E-state index in [1.54, 1.807) is 6.92 Å².